The van der Waals surface area contributed by atoms with Crippen molar-refractivity contribution in [2.24, 2.45) is 5.92 Å². The van der Waals surface area contributed by atoms with Gasteiger partial charge in [0.15, 0.2) is 0 Å². The normalized spacial score (nSPS) is 17.7. The van der Waals surface area contributed by atoms with Crippen molar-refractivity contribution in [1.82, 2.24) is 14.9 Å². The summed E-state index contributed by atoms with van der Waals surface area (Å²) in [5.74, 6) is 0.510. The van der Waals surface area contributed by atoms with Crippen molar-refractivity contribution in [3.63, 3.8) is 0 Å². The minimum Gasteiger partial charge on any atom is -0.352 e. The minimum absolute atomic E-state index is 0.0287. The number of thiophene rings is 1. The fourth-order valence-corrected chi connectivity index (χ4v) is 4.34. The highest BCUT2D eigenvalue weighted by molar-refractivity contribution is 7.18. The van der Waals surface area contributed by atoms with E-state index in [2.05, 4.69) is 17.2 Å². The van der Waals surface area contributed by atoms with E-state index in [-0.39, 0.29) is 24.1 Å². The summed E-state index contributed by atoms with van der Waals surface area (Å²) in [6.07, 6.45) is 4.58. The number of rotatable bonds is 3. The topological polar surface area (TPSA) is 64.0 Å². The van der Waals surface area contributed by atoms with Gasteiger partial charge in [-0.2, -0.15) is 0 Å². The second-order valence-corrected chi connectivity index (χ2v) is 7.52. The van der Waals surface area contributed by atoms with E-state index >= 15 is 0 Å². The molecule has 1 N–H and O–H groups in total. The minimum atomic E-state index is -0.157. The van der Waals surface area contributed by atoms with E-state index in [0.717, 1.165) is 35.0 Å². The summed E-state index contributed by atoms with van der Waals surface area (Å²) in [4.78, 5) is 31.1. The lowest BCUT2D eigenvalue weighted by Crippen LogP contribution is -2.36. The molecule has 0 radical (unpaired) electrons. The molecule has 0 aromatic carbocycles. The third-order valence-corrected chi connectivity index (χ3v) is 5.21. The lowest BCUT2D eigenvalue weighted by Gasteiger charge is -2.17. The van der Waals surface area contributed by atoms with Crippen LogP contribution in [0.1, 0.15) is 37.6 Å². The molecule has 0 saturated heterocycles. The van der Waals surface area contributed by atoms with Crippen LogP contribution in [0, 0.1) is 5.92 Å². The summed E-state index contributed by atoms with van der Waals surface area (Å²) in [5.41, 5.74) is 1.07. The Hall–Kier alpha value is -1.69. The smallest absolute Gasteiger partial charge is 0.262 e. The van der Waals surface area contributed by atoms with Gasteiger partial charge in [0.05, 0.1) is 11.7 Å². The van der Waals surface area contributed by atoms with E-state index in [1.807, 2.05) is 13.8 Å². The average Bonchev–Trinajstić information content (AvgIpc) is 2.79. The van der Waals surface area contributed by atoms with Gasteiger partial charge in [0.1, 0.15) is 11.4 Å². The molecular formula is C16H21N3O2S. The first kappa shape index (κ1) is 15.2. The maximum absolute atomic E-state index is 12.7. The SMILES string of the molecule is CC(C)NC(=O)Cn1cnc2sc3c(c2c1=O)CC[C@H](C)C3. The number of amides is 1. The molecule has 1 amide bonds. The Morgan fingerprint density at radius 3 is 3.05 bits per heavy atom. The van der Waals surface area contributed by atoms with Gasteiger partial charge in [-0.05, 0) is 44.6 Å². The molecule has 0 spiro atoms. The Balaban J connectivity index is 1.99. The first-order valence-corrected chi connectivity index (χ1v) is 8.56. The van der Waals surface area contributed by atoms with Crippen LogP contribution < -0.4 is 10.9 Å². The Morgan fingerprint density at radius 1 is 1.55 bits per heavy atom. The van der Waals surface area contributed by atoms with Gasteiger partial charge < -0.3 is 5.32 Å². The molecule has 1 aliphatic carbocycles. The molecule has 0 unspecified atom stereocenters. The fraction of sp³-hybridized carbons (Fsp3) is 0.562. The molecule has 5 nitrogen and oxygen atoms in total. The molecule has 0 saturated carbocycles. The van der Waals surface area contributed by atoms with Crippen molar-refractivity contribution in [2.75, 3.05) is 0 Å². The molecule has 2 heterocycles. The summed E-state index contributed by atoms with van der Waals surface area (Å²) in [5, 5.41) is 3.53. The number of fused-ring (bicyclic) bond motifs is 3. The van der Waals surface area contributed by atoms with Crippen LogP contribution in [-0.4, -0.2) is 21.5 Å². The molecule has 0 aliphatic heterocycles. The van der Waals surface area contributed by atoms with E-state index < -0.39 is 0 Å². The van der Waals surface area contributed by atoms with Crippen LogP contribution >= 0.6 is 11.3 Å². The predicted molar refractivity (Wildman–Crippen MR) is 88.3 cm³/mol. The van der Waals surface area contributed by atoms with Crippen LogP contribution in [0.15, 0.2) is 11.1 Å². The average molecular weight is 319 g/mol. The Morgan fingerprint density at radius 2 is 2.32 bits per heavy atom. The largest absolute Gasteiger partial charge is 0.352 e. The summed E-state index contributed by atoms with van der Waals surface area (Å²) in [6.45, 7) is 6.08. The molecule has 118 valence electrons. The number of hydrogen-bond acceptors (Lipinski definition) is 4. The van der Waals surface area contributed by atoms with Gasteiger partial charge in [0, 0.05) is 10.9 Å². The van der Waals surface area contributed by atoms with Crippen molar-refractivity contribution in [1.29, 1.82) is 0 Å². The summed E-state index contributed by atoms with van der Waals surface area (Å²) >= 11 is 1.63. The quantitative estimate of drug-likeness (QED) is 0.942. The molecule has 0 fully saturated rings. The zero-order chi connectivity index (χ0) is 15.9. The number of nitrogens with one attached hydrogen (secondary N) is 1. The standard InChI is InChI=1S/C16H21N3O2S/c1-9(2)18-13(20)7-19-8-17-15-14(16(19)21)11-5-4-10(3)6-12(11)22-15/h8-10H,4-7H2,1-3H3,(H,18,20)/t10-/m0/s1. The summed E-state index contributed by atoms with van der Waals surface area (Å²) < 4.78 is 1.42. The monoisotopic (exact) mass is 319 g/mol. The molecule has 2 aromatic rings. The van der Waals surface area contributed by atoms with E-state index in [9.17, 15) is 9.59 Å². The predicted octanol–water partition coefficient (Wildman–Crippen LogP) is 2.11. The van der Waals surface area contributed by atoms with Gasteiger partial charge in [0.2, 0.25) is 5.91 Å². The molecule has 0 bridgehead atoms. The van der Waals surface area contributed by atoms with E-state index in [0.29, 0.717) is 5.92 Å². The van der Waals surface area contributed by atoms with E-state index in [4.69, 9.17) is 0 Å². The van der Waals surface area contributed by atoms with Gasteiger partial charge in [0.25, 0.3) is 5.56 Å². The second-order valence-electron chi connectivity index (χ2n) is 6.43. The Labute approximate surface area is 133 Å². The van der Waals surface area contributed by atoms with Crippen molar-refractivity contribution >= 4 is 27.5 Å². The van der Waals surface area contributed by atoms with Gasteiger partial charge in [-0.15, -0.1) is 11.3 Å². The Kier molecular flexibility index (Phi) is 4.04. The third kappa shape index (κ3) is 2.79. The maximum atomic E-state index is 12.7. The second kappa shape index (κ2) is 5.83. The van der Waals surface area contributed by atoms with Crippen molar-refractivity contribution < 1.29 is 4.79 Å². The van der Waals surface area contributed by atoms with Gasteiger partial charge in [-0.1, -0.05) is 6.92 Å². The van der Waals surface area contributed by atoms with E-state index in [1.165, 1.54) is 15.8 Å². The van der Waals surface area contributed by atoms with Gasteiger partial charge in [-0.3, -0.25) is 14.2 Å². The molecule has 1 atom stereocenters. The molecule has 1 aliphatic rings. The van der Waals surface area contributed by atoms with Crippen LogP contribution in [0.3, 0.4) is 0 Å². The maximum Gasteiger partial charge on any atom is 0.262 e. The van der Waals surface area contributed by atoms with Crippen LogP contribution in [0.4, 0.5) is 0 Å². The lowest BCUT2D eigenvalue weighted by molar-refractivity contribution is -0.122. The van der Waals surface area contributed by atoms with Gasteiger partial charge in [-0.25, -0.2) is 4.98 Å². The molecule has 2 aromatic heterocycles. The van der Waals surface area contributed by atoms with Crippen LogP contribution in [0.2, 0.25) is 0 Å². The highest BCUT2D eigenvalue weighted by Gasteiger charge is 2.23. The van der Waals surface area contributed by atoms with Crippen molar-refractivity contribution in [2.45, 2.75) is 52.6 Å². The molecule has 3 rings (SSSR count). The Bertz CT molecular complexity index is 776. The lowest BCUT2D eigenvalue weighted by atomic mass is 9.89. The first-order chi connectivity index (χ1) is 10.5. The zero-order valence-corrected chi connectivity index (χ0v) is 14.0. The van der Waals surface area contributed by atoms with Crippen LogP contribution in [0.5, 0.6) is 0 Å². The number of aryl methyl sites for hydroxylation is 1. The molecular weight excluding hydrogens is 298 g/mol. The van der Waals surface area contributed by atoms with Gasteiger partial charge >= 0.3 is 0 Å². The number of aromatic nitrogens is 2. The highest BCUT2D eigenvalue weighted by Crippen LogP contribution is 2.35. The number of carbonyl (C=O) groups excluding carboxylic acids is 1. The van der Waals surface area contributed by atoms with Crippen LogP contribution in [0.25, 0.3) is 10.2 Å². The highest BCUT2D eigenvalue weighted by atomic mass is 32.1. The van der Waals surface area contributed by atoms with Crippen LogP contribution in [-0.2, 0) is 24.2 Å². The molecule has 22 heavy (non-hydrogen) atoms. The number of hydrogen-bond donors (Lipinski definition) is 1. The fourth-order valence-electron chi connectivity index (χ4n) is 3.00. The first-order valence-electron chi connectivity index (χ1n) is 7.74. The van der Waals surface area contributed by atoms with E-state index in [1.54, 1.807) is 11.3 Å². The third-order valence-electron chi connectivity index (χ3n) is 4.05. The summed E-state index contributed by atoms with van der Waals surface area (Å²) in [7, 11) is 0. The van der Waals surface area contributed by atoms with Crippen molar-refractivity contribution in [3.05, 3.63) is 27.1 Å². The molecule has 6 heteroatoms. The summed E-state index contributed by atoms with van der Waals surface area (Å²) in [6, 6.07) is 0.0651. The van der Waals surface area contributed by atoms with Crippen molar-refractivity contribution in [3.8, 4) is 0 Å². The number of carbonyl (C=O) groups is 1. The number of nitrogens with zero attached hydrogens (tertiary/aromatic N) is 2. The zero-order valence-electron chi connectivity index (χ0n) is 13.2.